The summed E-state index contributed by atoms with van der Waals surface area (Å²) in [6, 6.07) is 20.4. The Morgan fingerprint density at radius 2 is 1.46 bits per heavy atom. The van der Waals surface area contributed by atoms with E-state index in [9.17, 15) is 13.2 Å². The van der Waals surface area contributed by atoms with Crippen molar-refractivity contribution in [3.05, 3.63) is 89.1 Å². The van der Waals surface area contributed by atoms with E-state index in [0.717, 1.165) is 84.9 Å². The molecule has 2 heterocycles. The molecule has 0 saturated carbocycles. The molecule has 0 radical (unpaired) electrons. The predicted octanol–water partition coefficient (Wildman–Crippen LogP) is 6.53. The molecule has 1 aliphatic heterocycles. The lowest BCUT2D eigenvalue weighted by atomic mass is 10.00. The SMILES string of the molecule is NCCCn1cc(-c2ccc(OC(F)(F)F)cc2)c2c(CN3CCN(Cc4ccccc4Cl)CC3)cccc21. The molecule has 0 spiro atoms. The molecule has 0 atom stereocenters. The molecule has 0 bridgehead atoms. The summed E-state index contributed by atoms with van der Waals surface area (Å²) in [4.78, 5) is 4.89. The summed E-state index contributed by atoms with van der Waals surface area (Å²) in [6.45, 7) is 6.76. The molecule has 39 heavy (non-hydrogen) atoms. The first-order chi connectivity index (χ1) is 18.8. The van der Waals surface area contributed by atoms with Crippen molar-refractivity contribution in [1.82, 2.24) is 14.4 Å². The van der Waals surface area contributed by atoms with Gasteiger partial charge in [0.25, 0.3) is 0 Å². The molecule has 1 fully saturated rings. The molecule has 1 aromatic heterocycles. The van der Waals surface area contributed by atoms with Crippen LogP contribution in [0.15, 0.2) is 72.9 Å². The van der Waals surface area contributed by atoms with E-state index in [1.807, 2.05) is 18.2 Å². The van der Waals surface area contributed by atoms with Gasteiger partial charge in [0.15, 0.2) is 0 Å². The van der Waals surface area contributed by atoms with Crippen molar-refractivity contribution < 1.29 is 17.9 Å². The molecule has 1 aliphatic rings. The number of nitrogens with zero attached hydrogens (tertiary/aromatic N) is 3. The van der Waals surface area contributed by atoms with Crippen LogP contribution in [0.3, 0.4) is 0 Å². The molecular weight excluding hydrogens is 525 g/mol. The third-order valence-electron chi connectivity index (χ3n) is 7.21. The lowest BCUT2D eigenvalue weighted by molar-refractivity contribution is -0.274. The van der Waals surface area contributed by atoms with E-state index in [1.54, 1.807) is 12.1 Å². The summed E-state index contributed by atoms with van der Waals surface area (Å²) in [5.41, 5.74) is 11.1. The maximum atomic E-state index is 12.7. The molecule has 5 rings (SSSR count). The fourth-order valence-electron chi connectivity index (χ4n) is 5.27. The van der Waals surface area contributed by atoms with Crippen molar-refractivity contribution in [2.45, 2.75) is 32.4 Å². The highest BCUT2D eigenvalue weighted by molar-refractivity contribution is 6.31. The Morgan fingerprint density at radius 1 is 0.821 bits per heavy atom. The number of aryl methyl sites for hydroxylation is 1. The van der Waals surface area contributed by atoms with Gasteiger partial charge in [0.1, 0.15) is 5.75 Å². The fraction of sp³-hybridized carbons (Fsp3) is 0.333. The molecule has 3 aromatic carbocycles. The molecule has 9 heteroatoms. The highest BCUT2D eigenvalue weighted by Gasteiger charge is 2.31. The maximum Gasteiger partial charge on any atom is 0.573 e. The molecule has 5 nitrogen and oxygen atoms in total. The first-order valence-electron chi connectivity index (χ1n) is 13.2. The van der Waals surface area contributed by atoms with E-state index in [4.69, 9.17) is 17.3 Å². The van der Waals surface area contributed by atoms with Crippen LogP contribution in [0.5, 0.6) is 5.75 Å². The van der Waals surface area contributed by atoms with Crippen LogP contribution in [0.4, 0.5) is 13.2 Å². The highest BCUT2D eigenvalue weighted by Crippen LogP contribution is 2.35. The number of piperazine rings is 1. The molecule has 4 aromatic rings. The maximum absolute atomic E-state index is 12.7. The number of rotatable bonds is 9. The van der Waals surface area contributed by atoms with Crippen LogP contribution in [0.1, 0.15) is 17.5 Å². The number of hydrogen-bond acceptors (Lipinski definition) is 4. The molecule has 206 valence electrons. The summed E-state index contributed by atoms with van der Waals surface area (Å²) in [7, 11) is 0. The first kappa shape index (κ1) is 27.5. The summed E-state index contributed by atoms with van der Waals surface area (Å²) >= 11 is 6.37. The smallest absolute Gasteiger partial charge is 0.406 e. The normalized spacial score (nSPS) is 15.2. The number of halogens is 4. The Hall–Kier alpha value is -3.04. The number of nitrogens with two attached hydrogens (primary N) is 1. The number of benzene rings is 3. The molecule has 1 saturated heterocycles. The van der Waals surface area contributed by atoms with Gasteiger partial charge in [-0.25, -0.2) is 0 Å². The third-order valence-corrected chi connectivity index (χ3v) is 7.57. The molecule has 0 amide bonds. The third kappa shape index (κ3) is 6.76. The fourth-order valence-corrected chi connectivity index (χ4v) is 5.47. The van der Waals surface area contributed by atoms with Gasteiger partial charge in [0.05, 0.1) is 0 Å². The monoisotopic (exact) mass is 556 g/mol. The Labute approximate surface area is 231 Å². The lowest BCUT2D eigenvalue weighted by Gasteiger charge is -2.35. The van der Waals surface area contributed by atoms with E-state index in [0.29, 0.717) is 6.54 Å². The van der Waals surface area contributed by atoms with Crippen LogP contribution in [0.2, 0.25) is 5.02 Å². The van der Waals surface area contributed by atoms with Crippen molar-refractivity contribution in [3.8, 4) is 16.9 Å². The minimum atomic E-state index is -4.72. The Balaban J connectivity index is 1.37. The van der Waals surface area contributed by atoms with Gasteiger partial charge < -0.3 is 15.0 Å². The summed E-state index contributed by atoms with van der Waals surface area (Å²) in [5.74, 6) is -0.229. The molecular formula is C30H32ClF3N4O. The minimum Gasteiger partial charge on any atom is -0.406 e. The Kier molecular flexibility index (Phi) is 8.47. The minimum absolute atomic E-state index is 0.229. The molecule has 2 N–H and O–H groups in total. The van der Waals surface area contributed by atoms with Crippen LogP contribution in [-0.4, -0.2) is 53.5 Å². The largest absolute Gasteiger partial charge is 0.573 e. The van der Waals surface area contributed by atoms with Gasteiger partial charge in [0.2, 0.25) is 0 Å². The van der Waals surface area contributed by atoms with Crippen molar-refractivity contribution in [3.63, 3.8) is 0 Å². The van der Waals surface area contributed by atoms with E-state index in [2.05, 4.69) is 49.6 Å². The van der Waals surface area contributed by atoms with Crippen LogP contribution in [0.25, 0.3) is 22.0 Å². The van der Waals surface area contributed by atoms with Gasteiger partial charge in [-0.1, -0.05) is 54.1 Å². The average molecular weight is 557 g/mol. The van der Waals surface area contributed by atoms with Gasteiger partial charge in [-0.3, -0.25) is 9.80 Å². The number of aromatic nitrogens is 1. The second-order valence-electron chi connectivity index (χ2n) is 9.91. The van der Waals surface area contributed by atoms with Crippen molar-refractivity contribution in [1.29, 1.82) is 0 Å². The molecule has 0 unspecified atom stereocenters. The van der Waals surface area contributed by atoms with Gasteiger partial charge in [-0.2, -0.15) is 0 Å². The highest BCUT2D eigenvalue weighted by atomic mass is 35.5. The zero-order chi connectivity index (χ0) is 27.4. The quantitative estimate of drug-likeness (QED) is 0.255. The van der Waals surface area contributed by atoms with E-state index < -0.39 is 6.36 Å². The topological polar surface area (TPSA) is 46.7 Å². The van der Waals surface area contributed by atoms with E-state index in [-0.39, 0.29) is 5.75 Å². The van der Waals surface area contributed by atoms with Gasteiger partial charge in [-0.15, -0.1) is 13.2 Å². The van der Waals surface area contributed by atoms with Crippen LogP contribution in [0, 0.1) is 0 Å². The van der Waals surface area contributed by atoms with Crippen molar-refractivity contribution in [2.75, 3.05) is 32.7 Å². The number of alkyl halides is 3. The van der Waals surface area contributed by atoms with Crippen molar-refractivity contribution in [2.24, 2.45) is 5.73 Å². The molecule has 0 aliphatic carbocycles. The zero-order valence-corrected chi connectivity index (χ0v) is 22.4. The zero-order valence-electron chi connectivity index (χ0n) is 21.6. The summed E-state index contributed by atoms with van der Waals surface area (Å²) in [5, 5.41) is 1.92. The van der Waals surface area contributed by atoms with Crippen molar-refractivity contribution >= 4 is 22.5 Å². The average Bonchev–Trinajstić information content (AvgIpc) is 3.29. The number of hydrogen-bond donors (Lipinski definition) is 1. The first-order valence-corrected chi connectivity index (χ1v) is 13.5. The number of fused-ring (bicyclic) bond motifs is 1. The Bertz CT molecular complexity index is 1400. The summed E-state index contributed by atoms with van der Waals surface area (Å²) in [6.07, 6.45) is -1.80. The van der Waals surface area contributed by atoms with Gasteiger partial charge in [0, 0.05) is 73.5 Å². The van der Waals surface area contributed by atoms with Crippen LogP contribution >= 0.6 is 11.6 Å². The van der Waals surface area contributed by atoms with Gasteiger partial charge in [-0.05, 0) is 53.9 Å². The van der Waals surface area contributed by atoms with E-state index in [1.165, 1.54) is 17.7 Å². The standard InChI is InChI=1S/C30H32ClF3N4O/c31-27-7-2-1-5-23(27)19-36-15-17-37(18-16-36)20-24-6-3-8-28-29(24)26(21-38(28)14-4-13-35)22-9-11-25(12-10-22)39-30(32,33)34/h1-3,5-12,21H,4,13-20,35H2. The van der Waals surface area contributed by atoms with Crippen LogP contribution < -0.4 is 10.5 Å². The Morgan fingerprint density at radius 3 is 2.10 bits per heavy atom. The second-order valence-corrected chi connectivity index (χ2v) is 10.3. The second kappa shape index (κ2) is 12.0. The summed E-state index contributed by atoms with van der Waals surface area (Å²) < 4.78 is 44.3. The van der Waals surface area contributed by atoms with E-state index >= 15 is 0 Å². The van der Waals surface area contributed by atoms with Gasteiger partial charge >= 0.3 is 6.36 Å². The lowest BCUT2D eigenvalue weighted by Crippen LogP contribution is -2.45. The number of ether oxygens (including phenoxy) is 1. The predicted molar refractivity (Wildman–Crippen MR) is 150 cm³/mol. The van der Waals surface area contributed by atoms with Crippen LogP contribution in [-0.2, 0) is 19.6 Å².